The van der Waals surface area contributed by atoms with Crippen LogP contribution in [0.4, 0.5) is 0 Å². The smallest absolute Gasteiger partial charge is 0.161 e. The molecule has 0 fully saturated rings. The van der Waals surface area contributed by atoms with Gasteiger partial charge in [-0.1, -0.05) is 36.4 Å². The lowest BCUT2D eigenvalue weighted by Crippen LogP contribution is -2.16. The zero-order valence-electron chi connectivity index (χ0n) is 15.9. The van der Waals surface area contributed by atoms with Gasteiger partial charge in [-0.05, 0) is 37.1 Å². The lowest BCUT2D eigenvalue weighted by Gasteiger charge is -2.14. The van der Waals surface area contributed by atoms with Crippen LogP contribution in [0.5, 0.6) is 11.5 Å². The molecule has 0 radical (unpaired) electrons. The zero-order valence-corrected chi connectivity index (χ0v) is 16.7. The van der Waals surface area contributed by atoms with E-state index in [1.54, 1.807) is 11.3 Å². The zero-order chi connectivity index (χ0) is 18.9. The van der Waals surface area contributed by atoms with Gasteiger partial charge in [-0.25, -0.2) is 4.98 Å². The van der Waals surface area contributed by atoms with Gasteiger partial charge in [0.15, 0.2) is 11.5 Å². The van der Waals surface area contributed by atoms with Crippen molar-refractivity contribution in [3.8, 4) is 11.5 Å². The molecule has 0 bridgehead atoms. The van der Waals surface area contributed by atoms with Gasteiger partial charge in [0, 0.05) is 30.6 Å². The Labute approximate surface area is 165 Å². The highest BCUT2D eigenvalue weighted by Crippen LogP contribution is 2.29. The third-order valence-corrected chi connectivity index (χ3v) is 5.03. The third kappa shape index (κ3) is 6.08. The van der Waals surface area contributed by atoms with E-state index in [0.717, 1.165) is 36.6 Å². The summed E-state index contributed by atoms with van der Waals surface area (Å²) in [6.45, 7) is 6.92. The van der Waals surface area contributed by atoms with E-state index in [-0.39, 0.29) is 0 Å². The molecule has 142 valence electrons. The van der Waals surface area contributed by atoms with Gasteiger partial charge in [0.1, 0.15) is 6.61 Å². The number of aryl methyl sites for hydroxylation is 1. The first-order valence-electron chi connectivity index (χ1n) is 9.29. The molecule has 0 aliphatic heterocycles. The molecule has 1 N–H and O–H groups in total. The van der Waals surface area contributed by atoms with Crippen LogP contribution in [0.2, 0.25) is 0 Å². The number of nitrogens with zero attached hydrogens (tertiary/aromatic N) is 1. The predicted molar refractivity (Wildman–Crippen MR) is 111 cm³/mol. The topological polar surface area (TPSA) is 43.4 Å². The minimum Gasteiger partial charge on any atom is -0.490 e. The van der Waals surface area contributed by atoms with Gasteiger partial charge in [0.2, 0.25) is 0 Å². The molecule has 27 heavy (non-hydrogen) atoms. The third-order valence-electron chi connectivity index (χ3n) is 4.06. The molecule has 0 atom stereocenters. The number of benzene rings is 2. The molecular weight excluding hydrogens is 356 g/mol. The van der Waals surface area contributed by atoms with Gasteiger partial charge in [-0.3, -0.25) is 0 Å². The number of nitrogens with one attached hydrogen (secondary N) is 1. The van der Waals surface area contributed by atoms with Crippen molar-refractivity contribution < 1.29 is 9.47 Å². The van der Waals surface area contributed by atoms with E-state index in [1.807, 2.05) is 37.4 Å². The highest BCUT2D eigenvalue weighted by molar-refractivity contribution is 7.11. The van der Waals surface area contributed by atoms with E-state index >= 15 is 0 Å². The summed E-state index contributed by atoms with van der Waals surface area (Å²) in [6, 6.07) is 16.3. The second-order valence-corrected chi connectivity index (χ2v) is 7.60. The second-order valence-electron chi connectivity index (χ2n) is 6.28. The second kappa shape index (κ2) is 10.1. The minimum absolute atomic E-state index is 0.533. The summed E-state index contributed by atoms with van der Waals surface area (Å²) in [7, 11) is 0. The van der Waals surface area contributed by atoms with Crippen LogP contribution in [-0.2, 0) is 19.6 Å². The van der Waals surface area contributed by atoms with Crippen molar-refractivity contribution in [2.45, 2.75) is 33.4 Å². The van der Waals surface area contributed by atoms with E-state index in [1.165, 1.54) is 15.4 Å². The number of hydrogen-bond acceptors (Lipinski definition) is 5. The number of ether oxygens (including phenoxy) is 2. The fourth-order valence-electron chi connectivity index (χ4n) is 2.73. The number of thiazole rings is 1. The molecule has 2 aromatic carbocycles. The molecular formula is C22H26N2O2S. The van der Waals surface area contributed by atoms with Gasteiger partial charge in [0.25, 0.3) is 0 Å². The Kier molecular flexibility index (Phi) is 7.25. The molecule has 0 aliphatic carbocycles. The summed E-state index contributed by atoms with van der Waals surface area (Å²) in [5, 5.41) is 4.66. The highest BCUT2D eigenvalue weighted by Gasteiger charge is 2.07. The fourth-order valence-corrected chi connectivity index (χ4v) is 3.52. The standard InChI is InChI=1S/C22H26N2O2S/c1-3-25-21-13-19(15-23-12-11-22-24-14-17(2)27-22)9-10-20(21)26-16-18-7-5-4-6-8-18/h4-10,13-14,23H,3,11-12,15-16H2,1-2H3. The Bertz CT molecular complexity index is 833. The average molecular weight is 383 g/mol. The molecule has 0 aliphatic rings. The van der Waals surface area contributed by atoms with Crippen LogP contribution in [0.3, 0.4) is 0 Å². The highest BCUT2D eigenvalue weighted by atomic mass is 32.1. The summed E-state index contributed by atoms with van der Waals surface area (Å²) in [5.41, 5.74) is 2.32. The van der Waals surface area contributed by atoms with Gasteiger partial charge < -0.3 is 14.8 Å². The van der Waals surface area contributed by atoms with E-state index in [4.69, 9.17) is 9.47 Å². The van der Waals surface area contributed by atoms with Crippen LogP contribution in [0, 0.1) is 6.92 Å². The Hall–Kier alpha value is -2.37. The SMILES string of the molecule is CCOc1cc(CNCCc2ncc(C)s2)ccc1OCc1ccccc1. The lowest BCUT2D eigenvalue weighted by molar-refractivity contribution is 0.269. The van der Waals surface area contributed by atoms with Crippen LogP contribution in [-0.4, -0.2) is 18.1 Å². The van der Waals surface area contributed by atoms with Crippen LogP contribution < -0.4 is 14.8 Å². The molecule has 0 saturated carbocycles. The fraction of sp³-hybridized carbons (Fsp3) is 0.318. The molecule has 0 saturated heterocycles. The number of aromatic nitrogens is 1. The first kappa shape index (κ1) is 19.4. The summed E-state index contributed by atoms with van der Waals surface area (Å²) < 4.78 is 11.7. The molecule has 0 amide bonds. The van der Waals surface area contributed by atoms with Crippen LogP contribution in [0.1, 0.15) is 27.9 Å². The normalized spacial score (nSPS) is 10.7. The average Bonchev–Trinajstić information content (AvgIpc) is 3.11. The maximum Gasteiger partial charge on any atom is 0.161 e. The first-order chi connectivity index (χ1) is 13.2. The van der Waals surface area contributed by atoms with Gasteiger partial charge in [0.05, 0.1) is 11.6 Å². The Balaban J connectivity index is 1.54. The van der Waals surface area contributed by atoms with E-state index in [0.29, 0.717) is 13.2 Å². The van der Waals surface area contributed by atoms with Crippen molar-refractivity contribution in [2.24, 2.45) is 0 Å². The molecule has 5 heteroatoms. The molecule has 3 rings (SSSR count). The summed E-state index contributed by atoms with van der Waals surface area (Å²) in [5.74, 6) is 1.57. The predicted octanol–water partition coefficient (Wildman–Crippen LogP) is 4.76. The van der Waals surface area contributed by atoms with E-state index in [9.17, 15) is 0 Å². The van der Waals surface area contributed by atoms with Crippen molar-refractivity contribution in [3.63, 3.8) is 0 Å². The minimum atomic E-state index is 0.533. The van der Waals surface area contributed by atoms with Crippen molar-refractivity contribution in [3.05, 3.63) is 75.7 Å². The van der Waals surface area contributed by atoms with Gasteiger partial charge >= 0.3 is 0 Å². The number of rotatable bonds is 10. The first-order valence-corrected chi connectivity index (χ1v) is 10.1. The van der Waals surface area contributed by atoms with Gasteiger partial charge in [-0.2, -0.15) is 0 Å². The van der Waals surface area contributed by atoms with Gasteiger partial charge in [-0.15, -0.1) is 11.3 Å². The lowest BCUT2D eigenvalue weighted by atomic mass is 10.2. The Morgan fingerprint density at radius 3 is 2.59 bits per heavy atom. The van der Waals surface area contributed by atoms with Crippen molar-refractivity contribution in [1.82, 2.24) is 10.3 Å². The van der Waals surface area contributed by atoms with Crippen molar-refractivity contribution in [1.29, 1.82) is 0 Å². The Morgan fingerprint density at radius 1 is 1.00 bits per heavy atom. The maximum absolute atomic E-state index is 5.96. The summed E-state index contributed by atoms with van der Waals surface area (Å²) >= 11 is 1.76. The van der Waals surface area contributed by atoms with E-state index < -0.39 is 0 Å². The largest absolute Gasteiger partial charge is 0.490 e. The molecule has 0 spiro atoms. The quantitative estimate of drug-likeness (QED) is 0.513. The van der Waals surface area contributed by atoms with Crippen LogP contribution >= 0.6 is 11.3 Å². The molecule has 0 unspecified atom stereocenters. The molecule has 4 nitrogen and oxygen atoms in total. The molecule has 3 aromatic rings. The number of hydrogen-bond donors (Lipinski definition) is 1. The Morgan fingerprint density at radius 2 is 1.85 bits per heavy atom. The van der Waals surface area contributed by atoms with Crippen molar-refractivity contribution in [2.75, 3.05) is 13.2 Å². The maximum atomic E-state index is 5.96. The molecule has 1 aromatic heterocycles. The monoisotopic (exact) mass is 382 g/mol. The summed E-state index contributed by atoms with van der Waals surface area (Å²) in [6.07, 6.45) is 2.89. The van der Waals surface area contributed by atoms with Crippen molar-refractivity contribution >= 4 is 11.3 Å². The van der Waals surface area contributed by atoms with E-state index in [2.05, 4.69) is 41.5 Å². The molecule has 1 heterocycles. The summed E-state index contributed by atoms with van der Waals surface area (Å²) in [4.78, 5) is 5.66. The van der Waals surface area contributed by atoms with Crippen LogP contribution in [0.15, 0.2) is 54.7 Å². The van der Waals surface area contributed by atoms with Crippen LogP contribution in [0.25, 0.3) is 0 Å².